The summed E-state index contributed by atoms with van der Waals surface area (Å²) in [7, 11) is 0. The third-order valence-corrected chi connectivity index (χ3v) is 4.74. The first-order valence-corrected chi connectivity index (χ1v) is 9.43. The molecule has 5 heteroatoms. The van der Waals surface area contributed by atoms with Crippen LogP contribution in [0.25, 0.3) is 10.9 Å². The van der Waals surface area contributed by atoms with Crippen molar-refractivity contribution in [3.8, 4) is 0 Å². The van der Waals surface area contributed by atoms with E-state index in [4.69, 9.17) is 0 Å². The highest BCUT2D eigenvalue weighted by Crippen LogP contribution is 2.16. The summed E-state index contributed by atoms with van der Waals surface area (Å²) in [5.41, 5.74) is 3.06. The van der Waals surface area contributed by atoms with Gasteiger partial charge in [-0.25, -0.2) is 4.98 Å². The van der Waals surface area contributed by atoms with Gasteiger partial charge in [0.15, 0.2) is 0 Å². The monoisotopic (exact) mass is 370 g/mol. The normalized spacial score (nSPS) is 10.9. The van der Waals surface area contributed by atoms with Gasteiger partial charge >= 0.3 is 0 Å². The number of nitrogens with one attached hydrogen (secondary N) is 1. The second-order valence-electron chi connectivity index (χ2n) is 6.73. The first-order chi connectivity index (χ1) is 13.8. The Balaban J connectivity index is 1.33. The maximum atomic E-state index is 12.4. The molecule has 0 unspecified atom stereocenters. The third kappa shape index (κ3) is 4.26. The molecule has 0 radical (unpaired) electrons. The summed E-state index contributed by atoms with van der Waals surface area (Å²) in [6.07, 6.45) is 6.57. The van der Waals surface area contributed by atoms with Gasteiger partial charge < -0.3 is 9.88 Å². The minimum atomic E-state index is -0.000631. The van der Waals surface area contributed by atoms with Gasteiger partial charge in [0.1, 0.15) is 5.82 Å². The number of rotatable bonds is 7. The maximum Gasteiger partial charge on any atom is 0.224 e. The molecule has 0 aliphatic heterocycles. The average Bonchev–Trinajstić information content (AvgIpc) is 3.16. The highest BCUT2D eigenvalue weighted by atomic mass is 16.1. The fourth-order valence-corrected chi connectivity index (χ4v) is 3.35. The van der Waals surface area contributed by atoms with Crippen LogP contribution in [0.15, 0.2) is 79.3 Å². The van der Waals surface area contributed by atoms with Crippen LogP contribution in [-0.2, 0) is 24.2 Å². The molecule has 140 valence electrons. The number of amides is 1. The second kappa shape index (κ2) is 8.48. The van der Waals surface area contributed by atoms with E-state index in [1.165, 1.54) is 5.56 Å². The summed E-state index contributed by atoms with van der Waals surface area (Å²) in [4.78, 5) is 21.2. The largest absolute Gasteiger partial charge is 0.355 e. The molecular weight excluding hydrogens is 348 g/mol. The number of para-hydroxylation sites is 1. The van der Waals surface area contributed by atoms with Gasteiger partial charge in [-0.1, -0.05) is 54.6 Å². The van der Waals surface area contributed by atoms with Crippen molar-refractivity contribution < 1.29 is 4.79 Å². The molecule has 0 bridgehead atoms. The predicted octanol–water partition coefficient (Wildman–Crippen LogP) is 3.38. The number of hydrogen-bond donors (Lipinski definition) is 1. The maximum absolute atomic E-state index is 12.4. The number of hydrogen-bond acceptors (Lipinski definition) is 3. The van der Waals surface area contributed by atoms with Gasteiger partial charge in [0.05, 0.1) is 11.9 Å². The molecule has 0 aliphatic rings. The Kier molecular flexibility index (Phi) is 5.43. The number of carbonyl (C=O) groups excluding carboxylic acids is 1. The van der Waals surface area contributed by atoms with E-state index in [0.29, 0.717) is 19.4 Å². The van der Waals surface area contributed by atoms with E-state index in [1.54, 1.807) is 6.20 Å². The van der Waals surface area contributed by atoms with E-state index < -0.39 is 0 Å². The minimum absolute atomic E-state index is 0.000631. The van der Waals surface area contributed by atoms with E-state index in [2.05, 4.69) is 32.0 Å². The van der Waals surface area contributed by atoms with Crippen LogP contribution in [0, 0.1) is 0 Å². The summed E-state index contributed by atoms with van der Waals surface area (Å²) in [5.74, 6) is 0.968. The summed E-state index contributed by atoms with van der Waals surface area (Å²) in [6.45, 7) is 1.34. The highest BCUT2D eigenvalue weighted by Gasteiger charge is 2.09. The molecule has 5 nitrogen and oxygen atoms in total. The minimum Gasteiger partial charge on any atom is -0.355 e. The molecule has 0 fully saturated rings. The topological polar surface area (TPSA) is 59.8 Å². The van der Waals surface area contributed by atoms with Crippen LogP contribution >= 0.6 is 0 Å². The van der Waals surface area contributed by atoms with Crippen molar-refractivity contribution in [2.45, 2.75) is 19.4 Å². The fraction of sp³-hybridized carbons (Fsp3) is 0.174. The molecule has 2 aromatic heterocycles. The lowest BCUT2D eigenvalue weighted by atomic mass is 10.1. The number of imidazole rings is 1. The molecule has 4 rings (SSSR count). The lowest BCUT2D eigenvalue weighted by molar-refractivity contribution is -0.120. The van der Waals surface area contributed by atoms with E-state index in [-0.39, 0.29) is 5.91 Å². The zero-order valence-electron chi connectivity index (χ0n) is 15.6. The van der Waals surface area contributed by atoms with Crippen molar-refractivity contribution >= 4 is 16.8 Å². The predicted molar refractivity (Wildman–Crippen MR) is 110 cm³/mol. The Morgan fingerprint density at radius 1 is 0.929 bits per heavy atom. The van der Waals surface area contributed by atoms with E-state index in [0.717, 1.165) is 28.8 Å². The molecule has 1 amide bonds. The molecule has 0 aliphatic carbocycles. The van der Waals surface area contributed by atoms with Crippen molar-refractivity contribution in [2.24, 2.45) is 0 Å². The van der Waals surface area contributed by atoms with Crippen LogP contribution in [-0.4, -0.2) is 27.0 Å². The molecule has 1 N–H and O–H groups in total. The Bertz CT molecular complexity index is 1070. The Labute approximate surface area is 164 Å². The number of fused-ring (bicyclic) bond motifs is 1. The van der Waals surface area contributed by atoms with Crippen molar-refractivity contribution in [3.63, 3.8) is 0 Å². The van der Waals surface area contributed by atoms with Crippen molar-refractivity contribution in [2.75, 3.05) is 6.54 Å². The zero-order chi connectivity index (χ0) is 19.2. The molecule has 28 heavy (non-hydrogen) atoms. The summed E-state index contributed by atoms with van der Waals surface area (Å²) < 4.78 is 2.12. The van der Waals surface area contributed by atoms with Gasteiger partial charge in [0.2, 0.25) is 5.91 Å². The molecule has 0 spiro atoms. The van der Waals surface area contributed by atoms with Crippen LogP contribution in [0.2, 0.25) is 0 Å². The molecule has 0 saturated heterocycles. The van der Waals surface area contributed by atoms with Crippen molar-refractivity contribution in [3.05, 3.63) is 96.2 Å². The average molecular weight is 370 g/mol. The highest BCUT2D eigenvalue weighted by molar-refractivity contribution is 5.87. The zero-order valence-corrected chi connectivity index (χ0v) is 15.6. The van der Waals surface area contributed by atoms with Crippen LogP contribution in [0.3, 0.4) is 0 Å². The SMILES string of the molecule is O=C(Cc1cccc2cccnc12)NCCc1nccn1Cc1ccccc1. The quantitative estimate of drug-likeness (QED) is 0.542. The molecule has 0 saturated carbocycles. The second-order valence-corrected chi connectivity index (χ2v) is 6.73. The van der Waals surface area contributed by atoms with Crippen LogP contribution in [0.1, 0.15) is 17.0 Å². The Hall–Kier alpha value is -3.47. The number of nitrogens with zero attached hydrogens (tertiary/aromatic N) is 3. The van der Waals surface area contributed by atoms with Gasteiger partial charge in [-0.15, -0.1) is 0 Å². The lowest BCUT2D eigenvalue weighted by Crippen LogP contribution is -2.28. The number of pyridine rings is 1. The standard InChI is InChI=1S/C23H22N4O/c28-22(16-20-9-4-8-19-10-5-12-26-23(19)20)25-13-11-21-24-14-15-27(21)17-18-6-2-1-3-7-18/h1-10,12,14-15H,11,13,16-17H2,(H,25,28). The number of carbonyl (C=O) groups is 1. The summed E-state index contributed by atoms with van der Waals surface area (Å²) in [6, 6.07) is 20.1. The van der Waals surface area contributed by atoms with Crippen LogP contribution in [0.4, 0.5) is 0 Å². The van der Waals surface area contributed by atoms with E-state index in [1.807, 2.05) is 60.9 Å². The molecule has 2 aromatic carbocycles. The smallest absolute Gasteiger partial charge is 0.224 e. The summed E-state index contributed by atoms with van der Waals surface area (Å²) >= 11 is 0. The van der Waals surface area contributed by atoms with Crippen molar-refractivity contribution in [1.29, 1.82) is 0 Å². The Morgan fingerprint density at radius 2 is 1.79 bits per heavy atom. The van der Waals surface area contributed by atoms with Gasteiger partial charge in [-0.3, -0.25) is 9.78 Å². The van der Waals surface area contributed by atoms with Gasteiger partial charge in [0.25, 0.3) is 0 Å². The van der Waals surface area contributed by atoms with Gasteiger partial charge in [0, 0.05) is 43.5 Å². The first-order valence-electron chi connectivity index (χ1n) is 9.43. The Morgan fingerprint density at radius 3 is 2.68 bits per heavy atom. The third-order valence-electron chi connectivity index (χ3n) is 4.74. The van der Waals surface area contributed by atoms with Crippen LogP contribution < -0.4 is 5.32 Å². The molecule has 2 heterocycles. The van der Waals surface area contributed by atoms with Crippen molar-refractivity contribution in [1.82, 2.24) is 19.9 Å². The molecular formula is C23H22N4O. The summed E-state index contributed by atoms with van der Waals surface area (Å²) in [5, 5.41) is 4.06. The number of benzene rings is 2. The number of aromatic nitrogens is 3. The fourth-order valence-electron chi connectivity index (χ4n) is 3.35. The van der Waals surface area contributed by atoms with Gasteiger partial charge in [-0.2, -0.15) is 0 Å². The van der Waals surface area contributed by atoms with E-state index >= 15 is 0 Å². The van der Waals surface area contributed by atoms with E-state index in [9.17, 15) is 4.79 Å². The first kappa shape index (κ1) is 17.9. The van der Waals surface area contributed by atoms with Crippen LogP contribution in [0.5, 0.6) is 0 Å². The lowest BCUT2D eigenvalue weighted by Gasteiger charge is -2.10. The molecule has 4 aromatic rings. The molecule has 0 atom stereocenters. The van der Waals surface area contributed by atoms with Gasteiger partial charge in [-0.05, 0) is 17.2 Å².